The van der Waals surface area contributed by atoms with E-state index in [1.165, 1.54) is 50.5 Å². The van der Waals surface area contributed by atoms with Crippen LogP contribution in [0, 0.1) is 34.5 Å². The summed E-state index contributed by atoms with van der Waals surface area (Å²) in [5.74, 6) is 2.86. The third-order valence-electron chi connectivity index (χ3n) is 10.0. The molecule has 0 spiro atoms. The molecule has 0 bridgehead atoms. The van der Waals surface area contributed by atoms with Gasteiger partial charge < -0.3 is 4.74 Å². The SMILES string of the molecule is C[C@]12CC[C@H]3[C@@H](CCC4=CC(=O)CC[C@@]43C)[C@@H]1CC[C@@H]2OC(=O)/C=C/C1CCCC1. The molecule has 0 radical (unpaired) electrons. The van der Waals surface area contributed by atoms with Crippen LogP contribution in [0.15, 0.2) is 23.8 Å². The average molecular weight is 411 g/mol. The Bertz CT molecular complexity index is 773. The highest BCUT2D eigenvalue weighted by atomic mass is 16.5. The summed E-state index contributed by atoms with van der Waals surface area (Å²) in [7, 11) is 0. The average Bonchev–Trinajstić information content (AvgIpc) is 3.35. The number of ketones is 1. The van der Waals surface area contributed by atoms with Crippen molar-refractivity contribution in [3.8, 4) is 0 Å². The molecule has 0 aliphatic heterocycles. The fraction of sp³-hybridized carbons (Fsp3) is 0.778. The van der Waals surface area contributed by atoms with Crippen molar-refractivity contribution in [3.05, 3.63) is 23.8 Å². The van der Waals surface area contributed by atoms with Gasteiger partial charge in [0.1, 0.15) is 6.10 Å². The molecule has 4 fully saturated rings. The van der Waals surface area contributed by atoms with Crippen molar-refractivity contribution >= 4 is 11.8 Å². The number of hydrogen-bond acceptors (Lipinski definition) is 3. The summed E-state index contributed by atoms with van der Waals surface area (Å²) in [5.41, 5.74) is 1.78. The molecule has 3 heteroatoms. The van der Waals surface area contributed by atoms with E-state index in [1.807, 2.05) is 6.08 Å². The van der Waals surface area contributed by atoms with Crippen molar-refractivity contribution in [1.29, 1.82) is 0 Å². The minimum absolute atomic E-state index is 0.0712. The fourth-order valence-corrected chi connectivity index (χ4v) is 8.25. The minimum Gasteiger partial charge on any atom is -0.459 e. The highest BCUT2D eigenvalue weighted by Gasteiger charge is 2.59. The third kappa shape index (κ3) is 3.31. The van der Waals surface area contributed by atoms with Crippen molar-refractivity contribution in [1.82, 2.24) is 0 Å². The molecule has 0 heterocycles. The lowest BCUT2D eigenvalue weighted by Gasteiger charge is -2.57. The molecule has 0 aromatic carbocycles. The second-order valence-electron chi connectivity index (χ2n) is 11.4. The van der Waals surface area contributed by atoms with Gasteiger partial charge in [0.15, 0.2) is 5.78 Å². The van der Waals surface area contributed by atoms with Gasteiger partial charge in [-0.1, -0.05) is 38.3 Å². The topological polar surface area (TPSA) is 43.4 Å². The quantitative estimate of drug-likeness (QED) is 0.412. The van der Waals surface area contributed by atoms with Crippen LogP contribution in [0.1, 0.15) is 90.9 Å². The van der Waals surface area contributed by atoms with Gasteiger partial charge in [0.05, 0.1) is 0 Å². The predicted molar refractivity (Wildman–Crippen MR) is 118 cm³/mol. The van der Waals surface area contributed by atoms with Gasteiger partial charge >= 0.3 is 5.97 Å². The molecule has 5 rings (SSSR count). The molecule has 164 valence electrons. The van der Waals surface area contributed by atoms with Gasteiger partial charge in [0.2, 0.25) is 0 Å². The van der Waals surface area contributed by atoms with Gasteiger partial charge in [0.25, 0.3) is 0 Å². The number of allylic oxidation sites excluding steroid dienone is 2. The van der Waals surface area contributed by atoms with E-state index in [-0.39, 0.29) is 22.9 Å². The predicted octanol–water partition coefficient (Wildman–Crippen LogP) is 6.18. The van der Waals surface area contributed by atoms with E-state index in [9.17, 15) is 9.59 Å². The largest absolute Gasteiger partial charge is 0.459 e. The number of hydrogen-bond donors (Lipinski definition) is 0. The summed E-state index contributed by atoms with van der Waals surface area (Å²) in [6, 6.07) is 0. The highest BCUT2D eigenvalue weighted by molar-refractivity contribution is 5.91. The van der Waals surface area contributed by atoms with Gasteiger partial charge in [0, 0.05) is 17.9 Å². The van der Waals surface area contributed by atoms with Crippen molar-refractivity contribution in [2.24, 2.45) is 34.5 Å². The summed E-state index contributed by atoms with van der Waals surface area (Å²) >= 11 is 0. The van der Waals surface area contributed by atoms with Crippen LogP contribution < -0.4 is 0 Å². The van der Waals surface area contributed by atoms with Crippen LogP contribution in [0.2, 0.25) is 0 Å². The van der Waals surface area contributed by atoms with E-state index in [0.717, 1.165) is 38.0 Å². The molecule has 6 atom stereocenters. The van der Waals surface area contributed by atoms with Crippen molar-refractivity contribution in [3.63, 3.8) is 0 Å². The Morgan fingerprint density at radius 3 is 2.60 bits per heavy atom. The molecule has 0 saturated heterocycles. The second kappa shape index (κ2) is 7.64. The lowest BCUT2D eigenvalue weighted by atomic mass is 9.47. The van der Waals surface area contributed by atoms with E-state index in [1.54, 1.807) is 6.08 Å². The standard InChI is InChI=1S/C27H38O3/c1-26-15-13-20(28)17-19(26)8-9-21-22-10-11-24(27(22,2)16-14-23(21)26)30-25(29)12-7-18-5-3-4-6-18/h7,12,17-18,21-24H,3-6,8-11,13-16H2,1-2H3/b12-7+/t21-,22-,23-,24-,26-,27-/m0/s1. The maximum atomic E-state index is 12.6. The van der Waals surface area contributed by atoms with Crippen LogP contribution in [-0.4, -0.2) is 17.9 Å². The molecule has 5 aliphatic rings. The molecule has 4 saturated carbocycles. The van der Waals surface area contributed by atoms with E-state index < -0.39 is 0 Å². The minimum atomic E-state index is -0.123. The Hall–Kier alpha value is -1.38. The van der Waals surface area contributed by atoms with Crippen LogP contribution >= 0.6 is 0 Å². The van der Waals surface area contributed by atoms with Gasteiger partial charge in [-0.15, -0.1) is 0 Å². The summed E-state index contributed by atoms with van der Waals surface area (Å²) in [6.45, 7) is 4.84. The maximum absolute atomic E-state index is 12.6. The molecular weight excluding hydrogens is 372 g/mol. The highest BCUT2D eigenvalue weighted by Crippen LogP contribution is 2.65. The molecule has 30 heavy (non-hydrogen) atoms. The zero-order valence-electron chi connectivity index (χ0n) is 18.8. The van der Waals surface area contributed by atoms with Crippen LogP contribution in [0.3, 0.4) is 0 Å². The van der Waals surface area contributed by atoms with Gasteiger partial charge in [-0.3, -0.25) is 4.79 Å². The van der Waals surface area contributed by atoms with E-state index in [0.29, 0.717) is 23.5 Å². The molecule has 5 aliphatic carbocycles. The van der Waals surface area contributed by atoms with Crippen LogP contribution in [0.25, 0.3) is 0 Å². The fourth-order valence-electron chi connectivity index (χ4n) is 8.25. The first-order valence-corrected chi connectivity index (χ1v) is 12.5. The Morgan fingerprint density at radius 2 is 1.80 bits per heavy atom. The van der Waals surface area contributed by atoms with Crippen molar-refractivity contribution < 1.29 is 14.3 Å². The summed E-state index contributed by atoms with van der Waals surface area (Å²) in [6.07, 6.45) is 19.5. The first-order valence-electron chi connectivity index (χ1n) is 12.5. The molecule has 0 N–H and O–H groups in total. The molecular formula is C27H38O3. The number of carbonyl (C=O) groups excluding carboxylic acids is 2. The molecule has 0 amide bonds. The number of carbonyl (C=O) groups is 2. The molecule has 0 unspecified atom stereocenters. The number of fused-ring (bicyclic) bond motifs is 5. The summed E-state index contributed by atoms with van der Waals surface area (Å²) in [5, 5.41) is 0. The summed E-state index contributed by atoms with van der Waals surface area (Å²) < 4.78 is 6.09. The Balaban J connectivity index is 1.29. The van der Waals surface area contributed by atoms with Crippen molar-refractivity contribution in [2.45, 2.75) is 97.0 Å². The monoisotopic (exact) mass is 410 g/mol. The molecule has 0 aromatic heterocycles. The maximum Gasteiger partial charge on any atom is 0.330 e. The lowest BCUT2D eigenvalue weighted by Crippen LogP contribution is -2.51. The zero-order valence-corrected chi connectivity index (χ0v) is 18.8. The number of esters is 1. The van der Waals surface area contributed by atoms with Gasteiger partial charge in [-0.25, -0.2) is 4.79 Å². The smallest absolute Gasteiger partial charge is 0.330 e. The lowest BCUT2D eigenvalue weighted by molar-refractivity contribution is -0.154. The first-order chi connectivity index (χ1) is 14.4. The Morgan fingerprint density at radius 1 is 1.00 bits per heavy atom. The molecule has 0 aromatic rings. The van der Waals surface area contributed by atoms with E-state index >= 15 is 0 Å². The van der Waals surface area contributed by atoms with E-state index in [4.69, 9.17) is 4.74 Å². The Kier molecular flexibility index (Phi) is 5.22. The van der Waals surface area contributed by atoms with Crippen LogP contribution in [-0.2, 0) is 14.3 Å². The first kappa shape index (κ1) is 20.5. The Labute approximate surface area is 181 Å². The normalized spacial score (nSPS) is 43.8. The van der Waals surface area contributed by atoms with Crippen LogP contribution in [0.4, 0.5) is 0 Å². The zero-order chi connectivity index (χ0) is 20.9. The van der Waals surface area contributed by atoms with Gasteiger partial charge in [-0.2, -0.15) is 0 Å². The van der Waals surface area contributed by atoms with E-state index in [2.05, 4.69) is 19.9 Å². The van der Waals surface area contributed by atoms with Crippen molar-refractivity contribution in [2.75, 3.05) is 0 Å². The third-order valence-corrected chi connectivity index (χ3v) is 10.0. The van der Waals surface area contributed by atoms with Gasteiger partial charge in [-0.05, 0) is 93.0 Å². The van der Waals surface area contributed by atoms with Crippen LogP contribution in [0.5, 0.6) is 0 Å². The number of ether oxygens (including phenoxy) is 1. The molecule has 3 nitrogen and oxygen atoms in total. The number of rotatable bonds is 3. The second-order valence-corrected chi connectivity index (χ2v) is 11.4. The summed E-state index contributed by atoms with van der Waals surface area (Å²) in [4.78, 5) is 24.6.